The van der Waals surface area contributed by atoms with Crippen LogP contribution in [0.25, 0.3) is 33.4 Å². The first-order chi connectivity index (χ1) is 27.8. The zero-order chi connectivity index (χ0) is 37.5. The summed E-state index contributed by atoms with van der Waals surface area (Å²) in [6.07, 6.45) is 15.6. The minimum Gasteiger partial charge on any atom is -0.314 e. The minimum atomic E-state index is 0.958. The smallest absolute Gasteiger partial charge is 0.0462 e. The predicted molar refractivity (Wildman–Crippen MR) is 239 cm³/mol. The quantitative estimate of drug-likeness (QED) is 0.139. The van der Waals surface area contributed by atoms with Crippen LogP contribution in [0.1, 0.15) is 36.8 Å². The number of rotatable bonds is 10. The Bertz CT molecular complexity index is 2510. The monoisotopic (exact) mass is 720 g/mol. The Kier molecular flexibility index (Phi) is 10.1. The molecule has 0 radical (unpaired) electrons. The van der Waals surface area contributed by atoms with Crippen LogP contribution >= 0.6 is 0 Å². The molecule has 0 saturated carbocycles. The van der Waals surface area contributed by atoms with Crippen LogP contribution in [0.4, 0.5) is 28.4 Å². The molecule has 0 aliphatic heterocycles. The maximum absolute atomic E-state index is 2.40. The minimum absolute atomic E-state index is 0.958. The van der Waals surface area contributed by atoms with Crippen molar-refractivity contribution in [2.45, 2.75) is 25.7 Å². The van der Waals surface area contributed by atoms with Crippen LogP contribution < -0.4 is 9.80 Å². The van der Waals surface area contributed by atoms with Gasteiger partial charge in [0.1, 0.15) is 0 Å². The van der Waals surface area contributed by atoms with Crippen molar-refractivity contribution in [3.05, 3.63) is 235 Å². The molecule has 0 unspecified atom stereocenters. The van der Waals surface area contributed by atoms with Gasteiger partial charge in [0.2, 0.25) is 0 Å². The van der Waals surface area contributed by atoms with Crippen molar-refractivity contribution >= 4 is 39.6 Å². The molecule has 2 aliphatic rings. The highest BCUT2D eigenvalue weighted by Crippen LogP contribution is 2.39. The van der Waals surface area contributed by atoms with Crippen LogP contribution in [0.5, 0.6) is 0 Å². The fraction of sp³-hybridized carbons (Fsp3) is 0.0741. The van der Waals surface area contributed by atoms with Crippen LogP contribution in [0.3, 0.4) is 0 Å². The van der Waals surface area contributed by atoms with E-state index in [9.17, 15) is 0 Å². The maximum atomic E-state index is 2.40. The van der Waals surface area contributed by atoms with Crippen molar-refractivity contribution in [2.75, 3.05) is 9.80 Å². The molecular formula is C54H44N2. The first-order valence-corrected chi connectivity index (χ1v) is 19.7. The van der Waals surface area contributed by atoms with Gasteiger partial charge in [-0.15, -0.1) is 0 Å². The molecular weight excluding hydrogens is 677 g/mol. The normalized spacial score (nSPS) is 13.7. The second-order valence-electron chi connectivity index (χ2n) is 14.4. The Morgan fingerprint density at radius 2 is 0.750 bits per heavy atom. The third-order valence-corrected chi connectivity index (χ3v) is 10.8. The van der Waals surface area contributed by atoms with E-state index in [0.29, 0.717) is 0 Å². The molecule has 9 rings (SSSR count). The summed E-state index contributed by atoms with van der Waals surface area (Å²) in [6, 6.07) is 67.8. The number of benzene rings is 7. The Balaban J connectivity index is 0.937. The lowest BCUT2D eigenvalue weighted by molar-refractivity contribution is 0.930. The number of hydrogen-bond acceptors (Lipinski definition) is 2. The van der Waals surface area contributed by atoms with Crippen LogP contribution in [0.15, 0.2) is 224 Å². The van der Waals surface area contributed by atoms with E-state index in [1.54, 1.807) is 0 Å². The highest BCUT2D eigenvalue weighted by atomic mass is 15.2. The first kappa shape index (κ1) is 34.8. The van der Waals surface area contributed by atoms with E-state index in [4.69, 9.17) is 0 Å². The molecule has 0 fully saturated rings. The number of nitrogens with zero attached hydrogens (tertiary/aromatic N) is 2. The van der Waals surface area contributed by atoms with Crippen molar-refractivity contribution in [2.24, 2.45) is 0 Å². The van der Waals surface area contributed by atoms with Gasteiger partial charge in [-0.05, 0) is 137 Å². The molecule has 0 amide bonds. The number of hydrogen-bond donors (Lipinski definition) is 0. The third kappa shape index (κ3) is 7.56. The molecule has 7 aromatic carbocycles. The van der Waals surface area contributed by atoms with Gasteiger partial charge in [-0.1, -0.05) is 152 Å². The molecule has 2 heteroatoms. The standard InChI is InChI=1S/C54H44N2/c1-5-13-41(14-6-1)45-25-33-51(34-26-45)55(49-17-9-3-10-18-49)53-37-29-47(30-38-53)43-21-23-44(24-22-43)48-31-39-54(40-32-48)56(50-19-11-4-12-20-50)52-35-27-46(28-36-52)42-15-7-2-8-16-42/h1,3-7,9-29,31-37,39-40H,2,8,30,38H2. The summed E-state index contributed by atoms with van der Waals surface area (Å²) in [7, 11) is 0. The van der Waals surface area contributed by atoms with E-state index in [1.807, 2.05) is 0 Å². The predicted octanol–water partition coefficient (Wildman–Crippen LogP) is 15.1. The maximum Gasteiger partial charge on any atom is 0.0462 e. The summed E-state index contributed by atoms with van der Waals surface area (Å²) < 4.78 is 0. The molecule has 0 aromatic heterocycles. The van der Waals surface area contributed by atoms with Gasteiger partial charge in [0.15, 0.2) is 0 Å². The van der Waals surface area contributed by atoms with Crippen LogP contribution in [-0.2, 0) is 0 Å². The van der Waals surface area contributed by atoms with E-state index in [-0.39, 0.29) is 0 Å². The van der Waals surface area contributed by atoms with E-state index in [1.165, 1.54) is 61.6 Å². The SMILES string of the molecule is C1=CC(c2ccc(N(c3ccccc3)c3ccc(-c4ccc(C5=CC=C(N(c6ccccc6)c6ccc(-c7ccccc7)cc6)CC5)cc4)cc3)cc2)=CCC1. The van der Waals surface area contributed by atoms with Gasteiger partial charge < -0.3 is 9.80 Å². The van der Waals surface area contributed by atoms with E-state index >= 15 is 0 Å². The molecule has 7 aromatic rings. The van der Waals surface area contributed by atoms with Gasteiger partial charge >= 0.3 is 0 Å². The lowest BCUT2D eigenvalue weighted by Crippen LogP contribution is -2.17. The number of anilines is 5. The number of allylic oxidation sites excluding steroid dienone is 8. The van der Waals surface area contributed by atoms with Crippen molar-refractivity contribution < 1.29 is 0 Å². The van der Waals surface area contributed by atoms with Crippen molar-refractivity contribution in [3.63, 3.8) is 0 Å². The fourth-order valence-electron chi connectivity index (χ4n) is 7.88. The summed E-state index contributed by atoms with van der Waals surface area (Å²) in [6.45, 7) is 0. The average molecular weight is 721 g/mol. The average Bonchev–Trinajstić information content (AvgIpc) is 3.29. The Hall–Kier alpha value is -6.90. The van der Waals surface area contributed by atoms with Gasteiger partial charge in [0, 0.05) is 34.1 Å². The summed E-state index contributed by atoms with van der Waals surface area (Å²) in [5, 5.41) is 0. The van der Waals surface area contributed by atoms with Crippen LogP contribution in [0, 0.1) is 0 Å². The highest BCUT2D eigenvalue weighted by Gasteiger charge is 2.19. The lowest BCUT2D eigenvalue weighted by Gasteiger charge is -2.30. The van der Waals surface area contributed by atoms with Crippen molar-refractivity contribution in [1.29, 1.82) is 0 Å². The van der Waals surface area contributed by atoms with E-state index < -0.39 is 0 Å². The number of para-hydroxylation sites is 2. The molecule has 2 nitrogen and oxygen atoms in total. The molecule has 2 aliphatic carbocycles. The van der Waals surface area contributed by atoms with Gasteiger partial charge in [-0.3, -0.25) is 0 Å². The first-order valence-electron chi connectivity index (χ1n) is 19.7. The van der Waals surface area contributed by atoms with Crippen LogP contribution in [0.2, 0.25) is 0 Å². The molecule has 0 N–H and O–H groups in total. The van der Waals surface area contributed by atoms with Crippen LogP contribution in [-0.4, -0.2) is 0 Å². The van der Waals surface area contributed by atoms with E-state index in [2.05, 4.69) is 228 Å². The Morgan fingerprint density at radius 3 is 1.25 bits per heavy atom. The van der Waals surface area contributed by atoms with Gasteiger partial charge in [0.25, 0.3) is 0 Å². The summed E-state index contributed by atoms with van der Waals surface area (Å²) in [5.74, 6) is 0. The molecule has 56 heavy (non-hydrogen) atoms. The molecule has 0 spiro atoms. The molecule has 0 saturated heterocycles. The Morgan fingerprint density at radius 1 is 0.321 bits per heavy atom. The van der Waals surface area contributed by atoms with Crippen molar-refractivity contribution in [3.8, 4) is 22.3 Å². The second-order valence-corrected chi connectivity index (χ2v) is 14.4. The molecule has 0 bridgehead atoms. The van der Waals surface area contributed by atoms with Gasteiger partial charge in [-0.25, -0.2) is 0 Å². The zero-order valence-corrected chi connectivity index (χ0v) is 31.5. The van der Waals surface area contributed by atoms with E-state index in [0.717, 1.165) is 42.7 Å². The largest absolute Gasteiger partial charge is 0.314 e. The molecule has 270 valence electrons. The summed E-state index contributed by atoms with van der Waals surface area (Å²) in [5.41, 5.74) is 17.1. The van der Waals surface area contributed by atoms with Gasteiger partial charge in [-0.2, -0.15) is 0 Å². The highest BCUT2D eigenvalue weighted by molar-refractivity contribution is 5.82. The molecule has 0 atom stereocenters. The third-order valence-electron chi connectivity index (χ3n) is 10.8. The Labute approximate surface area is 331 Å². The van der Waals surface area contributed by atoms with Crippen molar-refractivity contribution in [1.82, 2.24) is 0 Å². The fourth-order valence-corrected chi connectivity index (χ4v) is 7.88. The second kappa shape index (κ2) is 16.2. The molecule has 0 heterocycles. The van der Waals surface area contributed by atoms with Gasteiger partial charge in [0.05, 0.1) is 0 Å². The summed E-state index contributed by atoms with van der Waals surface area (Å²) in [4.78, 5) is 4.73. The zero-order valence-electron chi connectivity index (χ0n) is 31.5. The topological polar surface area (TPSA) is 6.48 Å². The lowest BCUT2D eigenvalue weighted by atomic mass is 9.93. The summed E-state index contributed by atoms with van der Waals surface area (Å²) >= 11 is 0.